The molecule has 1 aliphatic heterocycles. The SMILES string of the molecule is Cc1cccc(N)c1C(=O)N1CCn2ccnc2C1. The summed E-state index contributed by atoms with van der Waals surface area (Å²) in [5.74, 6) is 0.914. The highest BCUT2D eigenvalue weighted by Gasteiger charge is 2.24. The van der Waals surface area contributed by atoms with Gasteiger partial charge in [-0.1, -0.05) is 12.1 Å². The highest BCUT2D eigenvalue weighted by molar-refractivity contribution is 6.00. The molecular formula is C14H16N4O. The topological polar surface area (TPSA) is 64.2 Å². The van der Waals surface area contributed by atoms with E-state index >= 15 is 0 Å². The molecule has 2 aromatic rings. The third-order valence-corrected chi connectivity index (χ3v) is 3.55. The maximum Gasteiger partial charge on any atom is 0.256 e. The van der Waals surface area contributed by atoms with Crippen molar-refractivity contribution in [2.75, 3.05) is 12.3 Å². The van der Waals surface area contributed by atoms with E-state index in [2.05, 4.69) is 9.55 Å². The van der Waals surface area contributed by atoms with Gasteiger partial charge in [0.1, 0.15) is 5.82 Å². The number of carbonyl (C=O) groups excluding carboxylic acids is 1. The number of imidazole rings is 1. The van der Waals surface area contributed by atoms with Crippen LogP contribution in [0.4, 0.5) is 5.69 Å². The van der Waals surface area contributed by atoms with Gasteiger partial charge in [-0.15, -0.1) is 0 Å². The van der Waals surface area contributed by atoms with Crippen molar-refractivity contribution >= 4 is 11.6 Å². The molecule has 1 amide bonds. The third kappa shape index (κ3) is 1.97. The van der Waals surface area contributed by atoms with Crippen LogP contribution in [0.2, 0.25) is 0 Å². The summed E-state index contributed by atoms with van der Waals surface area (Å²) < 4.78 is 2.07. The number of rotatable bonds is 1. The number of anilines is 1. The molecule has 1 aromatic heterocycles. The lowest BCUT2D eigenvalue weighted by Gasteiger charge is -2.28. The summed E-state index contributed by atoms with van der Waals surface area (Å²) in [6, 6.07) is 5.55. The second-order valence-electron chi connectivity index (χ2n) is 4.80. The van der Waals surface area contributed by atoms with E-state index < -0.39 is 0 Å². The Labute approximate surface area is 111 Å². The molecule has 0 bridgehead atoms. The van der Waals surface area contributed by atoms with E-state index in [9.17, 15) is 4.79 Å². The predicted octanol–water partition coefficient (Wildman–Crippen LogP) is 1.43. The van der Waals surface area contributed by atoms with Gasteiger partial charge < -0.3 is 15.2 Å². The van der Waals surface area contributed by atoms with Gasteiger partial charge in [0.15, 0.2) is 0 Å². The highest BCUT2D eigenvalue weighted by atomic mass is 16.2. The molecule has 0 spiro atoms. The molecule has 5 nitrogen and oxygen atoms in total. The van der Waals surface area contributed by atoms with Gasteiger partial charge in [-0.05, 0) is 18.6 Å². The number of fused-ring (bicyclic) bond motifs is 1. The zero-order chi connectivity index (χ0) is 13.4. The van der Waals surface area contributed by atoms with Gasteiger partial charge in [-0.3, -0.25) is 4.79 Å². The molecular weight excluding hydrogens is 240 g/mol. The number of aromatic nitrogens is 2. The van der Waals surface area contributed by atoms with Crippen molar-refractivity contribution in [2.24, 2.45) is 0 Å². The number of aryl methyl sites for hydroxylation is 1. The first-order valence-electron chi connectivity index (χ1n) is 6.31. The molecule has 5 heteroatoms. The first-order valence-corrected chi connectivity index (χ1v) is 6.31. The van der Waals surface area contributed by atoms with Crippen molar-refractivity contribution in [3.63, 3.8) is 0 Å². The summed E-state index contributed by atoms with van der Waals surface area (Å²) in [5.41, 5.74) is 8.01. The van der Waals surface area contributed by atoms with Crippen molar-refractivity contribution in [2.45, 2.75) is 20.0 Å². The second-order valence-corrected chi connectivity index (χ2v) is 4.80. The van der Waals surface area contributed by atoms with E-state index in [4.69, 9.17) is 5.73 Å². The predicted molar refractivity (Wildman–Crippen MR) is 72.6 cm³/mol. The van der Waals surface area contributed by atoms with Crippen LogP contribution < -0.4 is 5.73 Å². The smallest absolute Gasteiger partial charge is 0.256 e. The third-order valence-electron chi connectivity index (χ3n) is 3.55. The summed E-state index contributed by atoms with van der Waals surface area (Å²) in [6.07, 6.45) is 3.71. The van der Waals surface area contributed by atoms with Crippen molar-refractivity contribution in [3.8, 4) is 0 Å². The maximum absolute atomic E-state index is 12.6. The zero-order valence-electron chi connectivity index (χ0n) is 10.8. The minimum Gasteiger partial charge on any atom is -0.398 e. The van der Waals surface area contributed by atoms with E-state index in [1.807, 2.05) is 25.3 Å². The zero-order valence-corrected chi connectivity index (χ0v) is 10.8. The van der Waals surface area contributed by atoms with Gasteiger partial charge >= 0.3 is 0 Å². The Morgan fingerprint density at radius 3 is 3.00 bits per heavy atom. The normalized spacial score (nSPS) is 14.3. The minimum atomic E-state index is -0.00940. The van der Waals surface area contributed by atoms with Crippen LogP contribution in [0.3, 0.4) is 0 Å². The Morgan fingerprint density at radius 2 is 2.21 bits per heavy atom. The molecule has 0 saturated heterocycles. The fraction of sp³-hybridized carbons (Fsp3) is 0.286. The summed E-state index contributed by atoms with van der Waals surface area (Å²) in [4.78, 5) is 18.7. The Hall–Kier alpha value is -2.30. The fourth-order valence-corrected chi connectivity index (χ4v) is 2.49. The largest absolute Gasteiger partial charge is 0.398 e. The lowest BCUT2D eigenvalue weighted by atomic mass is 10.1. The highest BCUT2D eigenvalue weighted by Crippen LogP contribution is 2.21. The quantitative estimate of drug-likeness (QED) is 0.785. The van der Waals surface area contributed by atoms with Gasteiger partial charge in [0.05, 0.1) is 12.1 Å². The number of hydrogen-bond donors (Lipinski definition) is 1. The van der Waals surface area contributed by atoms with E-state index in [1.165, 1.54) is 0 Å². The number of nitrogen functional groups attached to an aromatic ring is 1. The fourth-order valence-electron chi connectivity index (χ4n) is 2.49. The van der Waals surface area contributed by atoms with Crippen molar-refractivity contribution in [3.05, 3.63) is 47.5 Å². The van der Waals surface area contributed by atoms with Gasteiger partial charge in [-0.2, -0.15) is 0 Å². The number of carbonyl (C=O) groups is 1. The van der Waals surface area contributed by atoms with E-state index in [0.29, 0.717) is 24.3 Å². The van der Waals surface area contributed by atoms with Crippen LogP contribution in [-0.2, 0) is 13.1 Å². The molecule has 0 unspecified atom stereocenters. The molecule has 3 rings (SSSR count). The van der Waals surface area contributed by atoms with Crippen LogP contribution in [0.1, 0.15) is 21.7 Å². The summed E-state index contributed by atoms with van der Waals surface area (Å²) in [7, 11) is 0. The lowest BCUT2D eigenvalue weighted by molar-refractivity contribution is 0.0708. The molecule has 19 heavy (non-hydrogen) atoms. The molecule has 1 aromatic carbocycles. The standard InChI is InChI=1S/C14H16N4O/c1-10-3-2-4-11(15)13(10)14(19)18-8-7-17-6-5-16-12(17)9-18/h2-6H,7-9,15H2,1H3. The first kappa shape index (κ1) is 11.8. The Balaban J connectivity index is 1.90. The van der Waals surface area contributed by atoms with Crippen LogP contribution in [-0.4, -0.2) is 26.9 Å². The van der Waals surface area contributed by atoms with Crippen molar-refractivity contribution < 1.29 is 4.79 Å². The van der Waals surface area contributed by atoms with Crippen LogP contribution in [0.15, 0.2) is 30.6 Å². The van der Waals surface area contributed by atoms with Gasteiger partial charge in [0.25, 0.3) is 5.91 Å². The van der Waals surface area contributed by atoms with Crippen LogP contribution in [0.25, 0.3) is 0 Å². The summed E-state index contributed by atoms with van der Waals surface area (Å²) in [5, 5.41) is 0. The Kier molecular flexibility index (Phi) is 2.74. The van der Waals surface area contributed by atoms with Crippen molar-refractivity contribution in [1.29, 1.82) is 0 Å². The number of hydrogen-bond acceptors (Lipinski definition) is 3. The van der Waals surface area contributed by atoms with E-state index in [-0.39, 0.29) is 5.91 Å². The monoisotopic (exact) mass is 256 g/mol. The van der Waals surface area contributed by atoms with Crippen LogP contribution >= 0.6 is 0 Å². The van der Waals surface area contributed by atoms with E-state index in [1.54, 1.807) is 17.2 Å². The minimum absolute atomic E-state index is 0.00940. The molecule has 98 valence electrons. The molecule has 0 aliphatic carbocycles. The Bertz CT molecular complexity index is 612. The Morgan fingerprint density at radius 1 is 1.37 bits per heavy atom. The molecule has 2 heterocycles. The maximum atomic E-state index is 12.6. The van der Waals surface area contributed by atoms with Gasteiger partial charge in [0, 0.05) is 31.2 Å². The molecule has 2 N–H and O–H groups in total. The molecule has 0 fully saturated rings. The number of nitrogens with two attached hydrogens (primary N) is 1. The molecule has 0 saturated carbocycles. The first-order chi connectivity index (χ1) is 9.16. The van der Waals surface area contributed by atoms with E-state index in [0.717, 1.165) is 17.9 Å². The summed E-state index contributed by atoms with van der Waals surface area (Å²) in [6.45, 7) is 3.93. The second kappa shape index (κ2) is 4.42. The van der Waals surface area contributed by atoms with Crippen LogP contribution in [0, 0.1) is 6.92 Å². The molecule has 0 radical (unpaired) electrons. The lowest BCUT2D eigenvalue weighted by Crippen LogP contribution is -2.38. The average molecular weight is 256 g/mol. The van der Waals surface area contributed by atoms with Crippen molar-refractivity contribution in [1.82, 2.24) is 14.5 Å². The molecule has 1 aliphatic rings. The van der Waals surface area contributed by atoms with Gasteiger partial charge in [-0.25, -0.2) is 4.98 Å². The summed E-state index contributed by atoms with van der Waals surface area (Å²) >= 11 is 0. The molecule has 0 atom stereocenters. The van der Waals surface area contributed by atoms with Crippen LogP contribution in [0.5, 0.6) is 0 Å². The van der Waals surface area contributed by atoms with Gasteiger partial charge in [0.2, 0.25) is 0 Å². The number of amides is 1. The number of nitrogens with zero attached hydrogens (tertiary/aromatic N) is 3. The number of benzene rings is 1. The average Bonchev–Trinajstić information content (AvgIpc) is 2.85.